The third-order valence-corrected chi connectivity index (χ3v) is 6.61. The topological polar surface area (TPSA) is 69.7 Å². The van der Waals surface area contributed by atoms with Crippen molar-refractivity contribution < 1.29 is 14.4 Å². The van der Waals surface area contributed by atoms with E-state index in [1.807, 2.05) is 78.6 Å². The first-order valence-electron chi connectivity index (χ1n) is 11.0. The normalized spacial score (nSPS) is 19.4. The highest BCUT2D eigenvalue weighted by Crippen LogP contribution is 2.34. The van der Waals surface area contributed by atoms with Crippen molar-refractivity contribution in [1.82, 2.24) is 5.32 Å². The lowest BCUT2D eigenvalue weighted by Crippen LogP contribution is -2.51. The number of Topliss-reactive ketones (excluding diaryl/α,β-unsaturated/α-hetero) is 1. The lowest BCUT2D eigenvalue weighted by Gasteiger charge is -2.26. The first kappa shape index (κ1) is 23.0. The number of anilines is 2. The number of thiocarbonyl (C=S) groups is 1. The van der Waals surface area contributed by atoms with Crippen LogP contribution in [0.15, 0.2) is 78.9 Å². The maximum absolute atomic E-state index is 13.8. The molecule has 0 spiro atoms. The predicted octanol–water partition coefficient (Wildman–Crippen LogP) is 4.55. The molecule has 2 aliphatic heterocycles. The van der Waals surface area contributed by atoms with E-state index in [4.69, 9.17) is 23.8 Å². The molecule has 5 rings (SSSR count). The molecule has 0 saturated carbocycles. The van der Waals surface area contributed by atoms with E-state index >= 15 is 0 Å². The minimum absolute atomic E-state index is 0.114. The van der Waals surface area contributed by atoms with Crippen LogP contribution in [0.1, 0.15) is 21.5 Å². The van der Waals surface area contributed by atoms with E-state index in [1.54, 1.807) is 6.07 Å². The SMILES string of the molecule is Cc1ccc(N2C(=S)NC(C(=O)N3C(=O)C(=O)c4cc(Cl)ccc43)C2/C=C/c2ccccc2)cc1. The van der Waals surface area contributed by atoms with Crippen molar-refractivity contribution in [2.24, 2.45) is 0 Å². The van der Waals surface area contributed by atoms with Crippen molar-refractivity contribution in [2.75, 3.05) is 9.80 Å². The monoisotopic (exact) mass is 501 g/mol. The fourth-order valence-electron chi connectivity index (χ4n) is 4.32. The van der Waals surface area contributed by atoms with Crippen molar-refractivity contribution >= 4 is 64.0 Å². The van der Waals surface area contributed by atoms with Gasteiger partial charge in [0.2, 0.25) is 0 Å². The molecule has 1 saturated heterocycles. The van der Waals surface area contributed by atoms with Crippen molar-refractivity contribution in [3.05, 3.63) is 101 Å². The van der Waals surface area contributed by atoms with Gasteiger partial charge in [0.25, 0.3) is 11.7 Å². The largest absolute Gasteiger partial charge is 0.348 e. The number of hydrogen-bond donors (Lipinski definition) is 1. The molecule has 0 bridgehead atoms. The van der Waals surface area contributed by atoms with Crippen LogP contribution in [-0.2, 0) is 9.59 Å². The minimum Gasteiger partial charge on any atom is -0.348 e. The van der Waals surface area contributed by atoms with Gasteiger partial charge in [-0.3, -0.25) is 14.4 Å². The van der Waals surface area contributed by atoms with Crippen LogP contribution in [0.2, 0.25) is 5.02 Å². The molecular formula is C27H20ClN3O3S. The van der Waals surface area contributed by atoms with E-state index in [0.29, 0.717) is 10.1 Å². The standard InChI is InChI=1S/C27H20ClN3O3S/c1-16-7-11-19(12-8-16)30-22(13-9-17-5-3-2-4-6-17)23(29-27(30)35)25(33)31-21-14-10-18(28)15-20(21)24(32)26(31)34/h2-15,22-23H,1H3,(H,29,35)/b13-9+. The van der Waals surface area contributed by atoms with Gasteiger partial charge in [0.15, 0.2) is 5.11 Å². The van der Waals surface area contributed by atoms with Gasteiger partial charge in [-0.2, -0.15) is 0 Å². The number of benzene rings is 3. The Labute approximate surface area is 212 Å². The number of amides is 2. The number of nitrogens with zero attached hydrogens (tertiary/aromatic N) is 2. The van der Waals surface area contributed by atoms with Crippen LogP contribution in [0.3, 0.4) is 0 Å². The molecule has 2 unspecified atom stereocenters. The Bertz CT molecular complexity index is 1390. The first-order valence-corrected chi connectivity index (χ1v) is 11.8. The van der Waals surface area contributed by atoms with Crippen molar-refractivity contribution in [3.63, 3.8) is 0 Å². The Morgan fingerprint density at radius 3 is 2.46 bits per heavy atom. The highest BCUT2D eigenvalue weighted by molar-refractivity contribution is 7.80. The first-order chi connectivity index (χ1) is 16.8. The summed E-state index contributed by atoms with van der Waals surface area (Å²) in [5.74, 6) is -2.23. The van der Waals surface area contributed by atoms with Crippen LogP contribution in [0, 0.1) is 6.92 Å². The van der Waals surface area contributed by atoms with Gasteiger partial charge in [-0.1, -0.05) is 71.8 Å². The second kappa shape index (κ2) is 9.09. The lowest BCUT2D eigenvalue weighted by molar-refractivity contribution is -0.125. The molecule has 174 valence electrons. The summed E-state index contributed by atoms with van der Waals surface area (Å²) in [7, 11) is 0. The zero-order chi connectivity index (χ0) is 24.7. The summed E-state index contributed by atoms with van der Waals surface area (Å²) < 4.78 is 0. The van der Waals surface area contributed by atoms with Gasteiger partial charge in [0, 0.05) is 10.7 Å². The second-order valence-electron chi connectivity index (χ2n) is 8.36. The summed E-state index contributed by atoms with van der Waals surface area (Å²) in [6.07, 6.45) is 3.79. The number of fused-ring (bicyclic) bond motifs is 1. The summed E-state index contributed by atoms with van der Waals surface area (Å²) in [6, 6.07) is 20.5. The summed E-state index contributed by atoms with van der Waals surface area (Å²) in [6.45, 7) is 1.99. The van der Waals surface area contributed by atoms with E-state index in [1.165, 1.54) is 12.1 Å². The van der Waals surface area contributed by atoms with Crippen LogP contribution < -0.4 is 15.1 Å². The van der Waals surface area contributed by atoms with Crippen LogP contribution in [0.4, 0.5) is 11.4 Å². The summed E-state index contributed by atoms with van der Waals surface area (Å²) in [5.41, 5.74) is 3.19. The third-order valence-electron chi connectivity index (χ3n) is 6.06. The maximum Gasteiger partial charge on any atom is 0.306 e. The Hall–Kier alpha value is -3.81. The van der Waals surface area contributed by atoms with E-state index in [-0.39, 0.29) is 11.3 Å². The molecule has 0 aromatic heterocycles. The van der Waals surface area contributed by atoms with Crippen LogP contribution in [0.25, 0.3) is 6.08 Å². The number of hydrogen-bond acceptors (Lipinski definition) is 4. The molecule has 2 amide bonds. The minimum atomic E-state index is -0.903. The van der Waals surface area contributed by atoms with Crippen molar-refractivity contribution in [3.8, 4) is 0 Å². The number of carbonyl (C=O) groups excluding carboxylic acids is 3. The maximum atomic E-state index is 13.8. The molecule has 3 aromatic carbocycles. The van der Waals surface area contributed by atoms with Gasteiger partial charge >= 0.3 is 5.91 Å². The molecule has 2 aliphatic rings. The summed E-state index contributed by atoms with van der Waals surface area (Å²) in [4.78, 5) is 42.0. The molecule has 2 atom stereocenters. The van der Waals surface area contributed by atoms with Gasteiger partial charge in [0.1, 0.15) is 6.04 Å². The number of nitrogens with one attached hydrogen (secondary N) is 1. The molecule has 0 aliphatic carbocycles. The fourth-order valence-corrected chi connectivity index (χ4v) is 4.84. The quantitative estimate of drug-likeness (QED) is 0.321. The Morgan fingerprint density at radius 2 is 1.74 bits per heavy atom. The van der Waals surface area contributed by atoms with E-state index in [9.17, 15) is 14.4 Å². The number of aryl methyl sites for hydroxylation is 1. The molecular weight excluding hydrogens is 482 g/mol. The number of ketones is 1. The van der Waals surface area contributed by atoms with Gasteiger partial charge in [-0.05, 0) is 55.0 Å². The fraction of sp³-hybridized carbons (Fsp3) is 0.111. The Balaban J connectivity index is 1.55. The molecule has 1 N–H and O–H groups in total. The molecule has 2 heterocycles. The van der Waals surface area contributed by atoms with Crippen molar-refractivity contribution in [2.45, 2.75) is 19.0 Å². The average molecular weight is 502 g/mol. The Kier molecular flexibility index (Phi) is 5.96. The molecule has 8 heteroatoms. The molecule has 1 fully saturated rings. The molecule has 6 nitrogen and oxygen atoms in total. The van der Waals surface area contributed by atoms with Gasteiger partial charge in [-0.15, -0.1) is 0 Å². The van der Waals surface area contributed by atoms with Crippen LogP contribution >= 0.6 is 23.8 Å². The van der Waals surface area contributed by atoms with Crippen LogP contribution in [0.5, 0.6) is 0 Å². The number of rotatable bonds is 4. The number of imide groups is 1. The zero-order valence-electron chi connectivity index (χ0n) is 18.6. The van der Waals surface area contributed by atoms with Crippen molar-refractivity contribution in [1.29, 1.82) is 0 Å². The third kappa shape index (κ3) is 4.13. The van der Waals surface area contributed by atoms with Gasteiger partial charge in [-0.25, -0.2) is 4.90 Å². The van der Waals surface area contributed by atoms with Gasteiger partial charge in [0.05, 0.1) is 17.3 Å². The summed E-state index contributed by atoms with van der Waals surface area (Å²) in [5, 5.41) is 3.75. The van der Waals surface area contributed by atoms with E-state index < -0.39 is 29.7 Å². The average Bonchev–Trinajstić information content (AvgIpc) is 3.32. The second-order valence-corrected chi connectivity index (χ2v) is 9.19. The Morgan fingerprint density at radius 1 is 1.03 bits per heavy atom. The van der Waals surface area contributed by atoms with Gasteiger partial charge < -0.3 is 10.2 Å². The van der Waals surface area contributed by atoms with E-state index in [0.717, 1.165) is 21.7 Å². The zero-order valence-corrected chi connectivity index (χ0v) is 20.2. The smallest absolute Gasteiger partial charge is 0.306 e. The molecule has 35 heavy (non-hydrogen) atoms. The predicted molar refractivity (Wildman–Crippen MR) is 141 cm³/mol. The highest BCUT2D eigenvalue weighted by atomic mass is 35.5. The molecule has 3 aromatic rings. The van der Waals surface area contributed by atoms with Crippen LogP contribution in [-0.4, -0.2) is 34.8 Å². The lowest BCUT2D eigenvalue weighted by atomic mass is 10.0. The van der Waals surface area contributed by atoms with E-state index in [2.05, 4.69) is 5.32 Å². The number of halogens is 1. The number of carbonyl (C=O) groups is 3. The summed E-state index contributed by atoms with van der Waals surface area (Å²) >= 11 is 11.6. The molecule has 0 radical (unpaired) electrons. The highest BCUT2D eigenvalue weighted by Gasteiger charge is 2.48.